The molecule has 0 aromatic rings. The van der Waals surface area contributed by atoms with E-state index in [1.165, 1.54) is 7.11 Å². The van der Waals surface area contributed by atoms with Crippen LogP contribution in [0.3, 0.4) is 0 Å². The lowest BCUT2D eigenvalue weighted by Crippen LogP contribution is -2.47. The lowest BCUT2D eigenvalue weighted by Gasteiger charge is -2.32. The summed E-state index contributed by atoms with van der Waals surface area (Å²) in [5, 5.41) is 0. The maximum Gasteiger partial charge on any atom is 0.197 e. The first-order valence-corrected chi connectivity index (χ1v) is 5.06. The molecular formula is C7H12Cl3NO2. The van der Waals surface area contributed by atoms with Gasteiger partial charge in [0.05, 0.1) is 6.61 Å². The van der Waals surface area contributed by atoms with E-state index in [-0.39, 0.29) is 0 Å². The summed E-state index contributed by atoms with van der Waals surface area (Å²) >= 11 is 17.9. The first kappa shape index (κ1) is 11.8. The van der Waals surface area contributed by atoms with Crippen molar-refractivity contribution in [1.82, 2.24) is 4.90 Å². The van der Waals surface area contributed by atoms with E-state index in [9.17, 15) is 0 Å². The second kappa shape index (κ2) is 4.51. The molecule has 0 aromatic carbocycles. The molecule has 0 aromatic heterocycles. The first-order chi connectivity index (χ1) is 6.00. The third kappa shape index (κ3) is 2.41. The van der Waals surface area contributed by atoms with E-state index in [4.69, 9.17) is 44.3 Å². The Bertz CT molecular complexity index is 179. The van der Waals surface area contributed by atoms with Crippen molar-refractivity contribution >= 4 is 34.8 Å². The van der Waals surface area contributed by atoms with Gasteiger partial charge in [0.1, 0.15) is 6.23 Å². The van der Waals surface area contributed by atoms with Crippen molar-refractivity contribution in [2.24, 2.45) is 0 Å². The Morgan fingerprint density at radius 1 is 1.62 bits per heavy atom. The predicted molar refractivity (Wildman–Crippen MR) is 53.5 cm³/mol. The van der Waals surface area contributed by atoms with Crippen molar-refractivity contribution in [3.05, 3.63) is 0 Å². The number of ether oxygens (including phenoxy) is 2. The summed E-state index contributed by atoms with van der Waals surface area (Å²) in [5.74, 6) is 0. The van der Waals surface area contributed by atoms with Crippen molar-refractivity contribution in [3.8, 4) is 0 Å². The molecule has 13 heavy (non-hydrogen) atoms. The molecule has 1 aliphatic heterocycles. The van der Waals surface area contributed by atoms with E-state index < -0.39 is 16.1 Å². The van der Waals surface area contributed by atoms with E-state index in [1.807, 2.05) is 11.9 Å². The van der Waals surface area contributed by atoms with E-state index >= 15 is 0 Å². The molecule has 2 atom stereocenters. The minimum absolute atomic E-state index is 0.418. The van der Waals surface area contributed by atoms with Crippen LogP contribution in [0.15, 0.2) is 0 Å². The van der Waals surface area contributed by atoms with Gasteiger partial charge in [-0.15, -0.1) is 0 Å². The van der Waals surface area contributed by atoms with Crippen molar-refractivity contribution < 1.29 is 9.47 Å². The van der Waals surface area contributed by atoms with Gasteiger partial charge in [0, 0.05) is 13.7 Å². The van der Waals surface area contributed by atoms with Crippen LogP contribution in [0.1, 0.15) is 0 Å². The lowest BCUT2D eigenvalue weighted by atomic mass is 10.3. The highest BCUT2D eigenvalue weighted by molar-refractivity contribution is 6.52. The monoisotopic (exact) mass is 247 g/mol. The summed E-state index contributed by atoms with van der Waals surface area (Å²) in [4.78, 5) is 1.90. The largest absolute Gasteiger partial charge is 0.362 e. The van der Waals surface area contributed by atoms with E-state index in [2.05, 4.69) is 0 Å². The molecule has 1 aliphatic rings. The number of likely N-dealkylation sites (N-methyl/N-ethyl adjacent to an activating group) is 1. The predicted octanol–water partition coefficient (Wildman–Crippen LogP) is 1.66. The van der Waals surface area contributed by atoms with Crippen LogP contribution in [0.25, 0.3) is 0 Å². The molecule has 1 fully saturated rings. The summed E-state index contributed by atoms with van der Waals surface area (Å²) < 4.78 is 8.97. The standard InChI is InChI=1S/C7H12Cl3NO2/c1-11-3-4-13-6(11)7(9,10)5(8)12-2/h5-6H,3-4H2,1-2H3/t5-,6?/m0/s1. The number of alkyl halides is 3. The van der Waals surface area contributed by atoms with Gasteiger partial charge >= 0.3 is 0 Å². The molecule has 1 saturated heterocycles. The molecule has 0 N–H and O–H groups in total. The topological polar surface area (TPSA) is 21.7 Å². The van der Waals surface area contributed by atoms with Gasteiger partial charge in [0.25, 0.3) is 0 Å². The molecule has 78 valence electrons. The first-order valence-electron chi connectivity index (χ1n) is 3.86. The van der Waals surface area contributed by atoms with Gasteiger partial charge in [0.2, 0.25) is 0 Å². The molecule has 0 radical (unpaired) electrons. The van der Waals surface area contributed by atoms with Crippen LogP contribution in [0.5, 0.6) is 0 Å². The van der Waals surface area contributed by atoms with E-state index in [1.54, 1.807) is 0 Å². The van der Waals surface area contributed by atoms with Gasteiger partial charge in [-0.1, -0.05) is 34.8 Å². The second-order valence-corrected chi connectivity index (χ2v) is 4.77. The van der Waals surface area contributed by atoms with Gasteiger partial charge in [-0.3, -0.25) is 4.90 Å². The molecule has 1 unspecified atom stereocenters. The maximum atomic E-state index is 6.03. The third-order valence-corrected chi connectivity index (χ3v) is 3.47. The van der Waals surface area contributed by atoms with Crippen LogP contribution in [-0.4, -0.2) is 48.3 Å². The van der Waals surface area contributed by atoms with Crippen LogP contribution in [0.2, 0.25) is 0 Å². The number of hydrogen-bond donors (Lipinski definition) is 0. The minimum Gasteiger partial charge on any atom is -0.362 e. The number of nitrogens with zero attached hydrogens (tertiary/aromatic N) is 1. The zero-order valence-corrected chi connectivity index (χ0v) is 9.73. The van der Waals surface area contributed by atoms with Crippen molar-refractivity contribution in [2.75, 3.05) is 27.3 Å². The van der Waals surface area contributed by atoms with Crippen LogP contribution in [0, 0.1) is 0 Å². The number of hydrogen-bond acceptors (Lipinski definition) is 3. The zero-order chi connectivity index (χ0) is 10.1. The fourth-order valence-electron chi connectivity index (χ4n) is 1.23. The smallest absolute Gasteiger partial charge is 0.197 e. The Labute approximate surface area is 92.8 Å². The SMILES string of the molecule is CO[C@H](Cl)C(Cl)(Cl)C1OCCN1C. The van der Waals surface area contributed by atoms with Gasteiger partial charge in [0.15, 0.2) is 9.90 Å². The molecule has 0 spiro atoms. The quantitative estimate of drug-likeness (QED) is 0.709. The summed E-state index contributed by atoms with van der Waals surface area (Å²) in [6.07, 6.45) is -0.418. The van der Waals surface area contributed by atoms with Crippen LogP contribution in [-0.2, 0) is 9.47 Å². The minimum atomic E-state index is -1.25. The molecule has 0 saturated carbocycles. The third-order valence-electron chi connectivity index (χ3n) is 1.96. The summed E-state index contributed by atoms with van der Waals surface area (Å²) in [6, 6.07) is 0. The van der Waals surface area contributed by atoms with Gasteiger partial charge in [-0.2, -0.15) is 0 Å². The molecule has 1 heterocycles. The van der Waals surface area contributed by atoms with Crippen molar-refractivity contribution in [2.45, 2.75) is 16.1 Å². The highest BCUT2D eigenvalue weighted by Gasteiger charge is 2.47. The highest BCUT2D eigenvalue weighted by atomic mass is 35.5. The average Bonchev–Trinajstić information content (AvgIpc) is 2.50. The second-order valence-electron chi connectivity index (χ2n) is 2.93. The van der Waals surface area contributed by atoms with Crippen molar-refractivity contribution in [3.63, 3.8) is 0 Å². The number of rotatable bonds is 3. The van der Waals surface area contributed by atoms with Crippen LogP contribution >= 0.6 is 34.8 Å². The summed E-state index contributed by atoms with van der Waals surface area (Å²) in [7, 11) is 3.32. The molecule has 6 heteroatoms. The molecule has 0 aliphatic carbocycles. The fourth-order valence-corrected chi connectivity index (χ4v) is 1.97. The molecule has 3 nitrogen and oxygen atoms in total. The van der Waals surface area contributed by atoms with Crippen LogP contribution in [0.4, 0.5) is 0 Å². The normalized spacial score (nSPS) is 27.9. The lowest BCUT2D eigenvalue weighted by molar-refractivity contribution is 0.000549. The zero-order valence-electron chi connectivity index (χ0n) is 7.47. The highest BCUT2D eigenvalue weighted by Crippen LogP contribution is 2.37. The molecule has 0 amide bonds. The number of methoxy groups -OCH3 is 1. The number of halogens is 3. The molecule has 0 bridgehead atoms. The maximum absolute atomic E-state index is 6.03. The summed E-state index contributed by atoms with van der Waals surface area (Å²) in [5.41, 5.74) is -0.790. The Morgan fingerprint density at radius 2 is 2.23 bits per heavy atom. The van der Waals surface area contributed by atoms with Gasteiger partial charge in [-0.25, -0.2) is 0 Å². The summed E-state index contributed by atoms with van der Waals surface area (Å²) in [6.45, 7) is 1.40. The molecular weight excluding hydrogens is 236 g/mol. The Morgan fingerprint density at radius 3 is 2.62 bits per heavy atom. The van der Waals surface area contributed by atoms with E-state index in [0.29, 0.717) is 6.61 Å². The van der Waals surface area contributed by atoms with Crippen LogP contribution < -0.4 is 0 Å². The Balaban J connectivity index is 2.67. The Hall–Kier alpha value is 0.750. The van der Waals surface area contributed by atoms with E-state index in [0.717, 1.165) is 6.54 Å². The Kier molecular flexibility index (Phi) is 4.10. The van der Waals surface area contributed by atoms with Crippen molar-refractivity contribution in [1.29, 1.82) is 0 Å². The van der Waals surface area contributed by atoms with Gasteiger partial charge in [-0.05, 0) is 7.05 Å². The average molecular weight is 249 g/mol. The van der Waals surface area contributed by atoms with Gasteiger partial charge < -0.3 is 9.47 Å². The molecule has 1 rings (SSSR count). The fraction of sp³-hybridized carbons (Fsp3) is 1.00.